The number of aliphatic hydroxyl groups excluding tert-OH is 1. The Balaban J connectivity index is 1.63. The summed E-state index contributed by atoms with van der Waals surface area (Å²) in [5.74, 6) is -1.93. The van der Waals surface area contributed by atoms with Crippen LogP contribution in [0.1, 0.15) is 33.3 Å². The molecule has 1 N–H and O–H groups in total. The van der Waals surface area contributed by atoms with E-state index in [1.807, 2.05) is 6.92 Å². The molecule has 0 bridgehead atoms. The summed E-state index contributed by atoms with van der Waals surface area (Å²) < 4.78 is 60.2. The van der Waals surface area contributed by atoms with Gasteiger partial charge in [-0.1, -0.05) is 17.7 Å². The van der Waals surface area contributed by atoms with Gasteiger partial charge in [0.05, 0.1) is 11.5 Å². The van der Waals surface area contributed by atoms with Crippen molar-refractivity contribution >= 4 is 10.1 Å². The molecule has 3 saturated heterocycles. The van der Waals surface area contributed by atoms with Crippen molar-refractivity contribution in [3.05, 3.63) is 29.8 Å². The summed E-state index contributed by atoms with van der Waals surface area (Å²) in [7, 11) is -4.08. The van der Waals surface area contributed by atoms with Crippen LogP contribution in [-0.4, -0.2) is 68.5 Å². The summed E-state index contributed by atoms with van der Waals surface area (Å²) in [6.45, 7) is 8.52. The first-order valence-electron chi connectivity index (χ1n) is 9.83. The van der Waals surface area contributed by atoms with Crippen LogP contribution in [0.5, 0.6) is 0 Å². The Morgan fingerprint density at radius 1 is 1.07 bits per heavy atom. The molecule has 3 fully saturated rings. The van der Waals surface area contributed by atoms with Crippen molar-refractivity contribution in [1.82, 2.24) is 0 Å². The first-order valence-corrected chi connectivity index (χ1v) is 11.2. The number of ether oxygens (including phenoxy) is 5. The molecule has 0 radical (unpaired) electrons. The second-order valence-corrected chi connectivity index (χ2v) is 10.5. The molecule has 0 spiro atoms. The molecule has 10 heteroatoms. The summed E-state index contributed by atoms with van der Waals surface area (Å²) >= 11 is 0. The van der Waals surface area contributed by atoms with E-state index in [-0.39, 0.29) is 11.5 Å². The van der Waals surface area contributed by atoms with Gasteiger partial charge in [0.1, 0.15) is 24.9 Å². The Labute approximate surface area is 176 Å². The van der Waals surface area contributed by atoms with Crippen molar-refractivity contribution in [3.8, 4) is 0 Å². The predicted octanol–water partition coefficient (Wildman–Crippen LogP) is 1.46. The first-order chi connectivity index (χ1) is 13.8. The Bertz CT molecular complexity index is 895. The third kappa shape index (κ3) is 3.91. The van der Waals surface area contributed by atoms with Crippen LogP contribution in [0.4, 0.5) is 0 Å². The molecular formula is C20H28O9S. The average molecular weight is 445 g/mol. The third-order valence-corrected chi connectivity index (χ3v) is 6.75. The largest absolute Gasteiger partial charge is 0.366 e. The second kappa shape index (κ2) is 7.21. The molecule has 4 rings (SSSR count). The highest BCUT2D eigenvalue weighted by Gasteiger charge is 2.69. The van der Waals surface area contributed by atoms with Crippen molar-refractivity contribution in [1.29, 1.82) is 0 Å². The molecule has 3 heterocycles. The minimum atomic E-state index is -4.08. The summed E-state index contributed by atoms with van der Waals surface area (Å²) in [5.41, 5.74) is -0.481. The first kappa shape index (κ1) is 22.1. The summed E-state index contributed by atoms with van der Waals surface area (Å²) in [6.07, 6.45) is -3.77. The highest BCUT2D eigenvalue weighted by Crippen LogP contribution is 2.49. The molecule has 5 atom stereocenters. The van der Waals surface area contributed by atoms with Crippen LogP contribution in [0.3, 0.4) is 0 Å². The fourth-order valence-corrected chi connectivity index (χ4v) is 5.15. The maximum atomic E-state index is 12.8. The van der Waals surface area contributed by atoms with E-state index in [0.717, 1.165) is 5.56 Å². The van der Waals surface area contributed by atoms with Gasteiger partial charge >= 0.3 is 0 Å². The number of hydrogen-bond acceptors (Lipinski definition) is 9. The zero-order chi connectivity index (χ0) is 21.9. The molecule has 168 valence electrons. The maximum absolute atomic E-state index is 12.8. The normalized spacial score (nSPS) is 37.4. The lowest BCUT2D eigenvalue weighted by molar-refractivity contribution is -0.251. The summed E-state index contributed by atoms with van der Waals surface area (Å²) in [6, 6.07) is 6.33. The highest BCUT2D eigenvalue weighted by atomic mass is 32.2. The van der Waals surface area contributed by atoms with Crippen molar-refractivity contribution in [2.45, 2.75) is 81.3 Å². The third-order valence-electron chi connectivity index (χ3n) is 5.47. The van der Waals surface area contributed by atoms with E-state index in [1.165, 1.54) is 12.1 Å². The van der Waals surface area contributed by atoms with Gasteiger partial charge < -0.3 is 28.8 Å². The van der Waals surface area contributed by atoms with Gasteiger partial charge in [0.25, 0.3) is 10.1 Å². The number of aryl methyl sites for hydroxylation is 1. The lowest BCUT2D eigenvalue weighted by atomic mass is 9.90. The van der Waals surface area contributed by atoms with Gasteiger partial charge in [-0.05, 0) is 46.8 Å². The monoisotopic (exact) mass is 444 g/mol. The number of hydrogen-bond donors (Lipinski definition) is 1. The lowest BCUT2D eigenvalue weighted by Gasteiger charge is -2.34. The van der Waals surface area contributed by atoms with Crippen LogP contribution >= 0.6 is 0 Å². The Morgan fingerprint density at radius 3 is 2.33 bits per heavy atom. The van der Waals surface area contributed by atoms with Crippen LogP contribution < -0.4 is 0 Å². The molecule has 1 aromatic carbocycles. The van der Waals surface area contributed by atoms with E-state index in [1.54, 1.807) is 39.8 Å². The molecule has 0 aliphatic carbocycles. The minimum Gasteiger partial charge on any atom is -0.366 e. The topological polar surface area (TPSA) is 110 Å². The van der Waals surface area contributed by atoms with Gasteiger partial charge in [0.2, 0.25) is 0 Å². The maximum Gasteiger partial charge on any atom is 0.297 e. The van der Waals surface area contributed by atoms with Gasteiger partial charge in [-0.15, -0.1) is 0 Å². The molecule has 0 amide bonds. The van der Waals surface area contributed by atoms with Gasteiger partial charge in [-0.2, -0.15) is 8.42 Å². The minimum absolute atomic E-state index is 0.0248. The van der Waals surface area contributed by atoms with Crippen molar-refractivity contribution in [2.24, 2.45) is 0 Å². The molecular weight excluding hydrogens is 416 g/mol. The van der Waals surface area contributed by atoms with Crippen LogP contribution in [0.25, 0.3) is 0 Å². The van der Waals surface area contributed by atoms with Crippen LogP contribution in [0.2, 0.25) is 0 Å². The van der Waals surface area contributed by atoms with Gasteiger partial charge in [-0.25, -0.2) is 0 Å². The molecule has 30 heavy (non-hydrogen) atoms. The Hall–Kier alpha value is -1.11. The van der Waals surface area contributed by atoms with E-state index < -0.39 is 58.5 Å². The molecule has 0 aromatic heterocycles. The van der Waals surface area contributed by atoms with Gasteiger partial charge in [-0.3, -0.25) is 4.18 Å². The number of fused-ring (bicyclic) bond motifs is 1. The average Bonchev–Trinajstić information content (AvgIpc) is 3.22. The Kier molecular flexibility index (Phi) is 5.31. The molecule has 0 unspecified atom stereocenters. The van der Waals surface area contributed by atoms with E-state index in [0.29, 0.717) is 0 Å². The van der Waals surface area contributed by atoms with Crippen molar-refractivity contribution in [3.63, 3.8) is 0 Å². The zero-order valence-electron chi connectivity index (χ0n) is 17.7. The van der Waals surface area contributed by atoms with Crippen LogP contribution in [0.15, 0.2) is 29.2 Å². The second-order valence-electron chi connectivity index (χ2n) is 8.84. The zero-order valence-corrected chi connectivity index (χ0v) is 18.5. The number of rotatable bonds is 5. The molecule has 3 aliphatic heterocycles. The number of benzene rings is 1. The molecule has 9 nitrogen and oxygen atoms in total. The fraction of sp³-hybridized carbons (Fsp3) is 0.700. The van der Waals surface area contributed by atoms with E-state index in [4.69, 9.17) is 27.9 Å². The van der Waals surface area contributed by atoms with Crippen LogP contribution in [0, 0.1) is 6.92 Å². The van der Waals surface area contributed by atoms with Crippen LogP contribution in [-0.2, 0) is 38.0 Å². The Morgan fingerprint density at radius 2 is 1.73 bits per heavy atom. The van der Waals surface area contributed by atoms with Crippen molar-refractivity contribution in [2.75, 3.05) is 13.2 Å². The SMILES string of the molecule is Cc1ccc(S(=O)(=O)OC[C@]23OC(C)(C)O[C@H]2[C@@H](O)O[C@@H]3[C@H]2COC(C)(C)O2)cc1. The highest BCUT2D eigenvalue weighted by molar-refractivity contribution is 7.86. The fourth-order valence-electron chi connectivity index (χ4n) is 4.20. The summed E-state index contributed by atoms with van der Waals surface area (Å²) in [5, 5.41) is 10.5. The standard InChI is InChI=1S/C20H28O9S/c1-12-6-8-13(9-7-12)30(22,23)25-11-20-15(14-10-24-18(2,3)27-14)26-17(21)16(20)28-19(4,5)29-20/h6-9,14-17,21H,10-11H2,1-5H3/t14-,15-,16+,17+,20-/m1/s1. The van der Waals surface area contributed by atoms with E-state index >= 15 is 0 Å². The molecule has 0 saturated carbocycles. The number of aliphatic hydroxyl groups is 1. The molecule has 1 aromatic rings. The van der Waals surface area contributed by atoms with Gasteiger partial charge in [0, 0.05) is 0 Å². The van der Waals surface area contributed by atoms with Gasteiger partial charge in [0.15, 0.2) is 23.5 Å². The molecule has 3 aliphatic rings. The quantitative estimate of drug-likeness (QED) is 0.675. The van der Waals surface area contributed by atoms with E-state index in [9.17, 15) is 13.5 Å². The predicted molar refractivity (Wildman–Crippen MR) is 103 cm³/mol. The van der Waals surface area contributed by atoms with Crippen molar-refractivity contribution < 1.29 is 41.4 Å². The smallest absolute Gasteiger partial charge is 0.297 e. The lowest BCUT2D eigenvalue weighted by Crippen LogP contribution is -2.56. The van der Waals surface area contributed by atoms with E-state index in [2.05, 4.69) is 0 Å². The summed E-state index contributed by atoms with van der Waals surface area (Å²) in [4.78, 5) is 0.0248.